The predicted octanol–water partition coefficient (Wildman–Crippen LogP) is 1.57. The highest BCUT2D eigenvalue weighted by molar-refractivity contribution is 5.78. The number of carbonyl (C=O) groups is 2. The lowest BCUT2D eigenvalue weighted by Gasteiger charge is -2.13. The Kier molecular flexibility index (Phi) is 4.55. The van der Waals surface area contributed by atoms with E-state index in [2.05, 4.69) is 5.32 Å². The monoisotopic (exact) mass is 281 g/mol. The summed E-state index contributed by atoms with van der Waals surface area (Å²) in [6.45, 7) is -0.167. The Morgan fingerprint density at radius 1 is 1.30 bits per heavy atom. The van der Waals surface area contributed by atoms with E-state index in [0.717, 1.165) is 0 Å². The average molecular weight is 281 g/mol. The van der Waals surface area contributed by atoms with Gasteiger partial charge in [-0.2, -0.15) is 0 Å². The van der Waals surface area contributed by atoms with Crippen molar-refractivity contribution in [1.82, 2.24) is 5.32 Å². The van der Waals surface area contributed by atoms with E-state index < -0.39 is 5.97 Å². The maximum absolute atomic E-state index is 12.7. The van der Waals surface area contributed by atoms with Crippen LogP contribution >= 0.6 is 0 Å². The molecule has 1 saturated carbocycles. The van der Waals surface area contributed by atoms with Crippen LogP contribution in [-0.4, -0.2) is 29.6 Å². The highest BCUT2D eigenvalue weighted by Crippen LogP contribution is 2.25. The normalized spacial score (nSPS) is 21.4. The molecule has 0 radical (unpaired) electrons. The molecule has 0 bridgehead atoms. The van der Waals surface area contributed by atoms with Gasteiger partial charge in [-0.15, -0.1) is 0 Å². The standard InChI is InChI=1S/C14H16FNO4/c15-10-2-5-12(6-3-10)20-8-13(17)16-11-4-1-9(7-11)14(18)19/h2-3,5-6,9,11H,1,4,7-8H2,(H,16,17)(H,18,19)/t9-,11+/m1/s1. The van der Waals surface area contributed by atoms with E-state index in [1.807, 2.05) is 0 Å². The number of carboxylic acid groups (broad SMARTS) is 1. The molecule has 5 nitrogen and oxygen atoms in total. The molecule has 1 aliphatic carbocycles. The molecular weight excluding hydrogens is 265 g/mol. The van der Waals surface area contributed by atoms with Gasteiger partial charge in [-0.05, 0) is 43.5 Å². The SMILES string of the molecule is O=C(COc1ccc(F)cc1)N[C@H]1CC[C@@H](C(=O)O)C1. The predicted molar refractivity (Wildman–Crippen MR) is 68.8 cm³/mol. The zero-order valence-corrected chi connectivity index (χ0v) is 10.8. The van der Waals surface area contributed by atoms with Gasteiger partial charge in [-0.3, -0.25) is 9.59 Å². The zero-order valence-electron chi connectivity index (χ0n) is 10.8. The van der Waals surface area contributed by atoms with Crippen LogP contribution in [0.1, 0.15) is 19.3 Å². The molecule has 1 fully saturated rings. The molecule has 0 unspecified atom stereocenters. The third-order valence-corrected chi connectivity index (χ3v) is 3.33. The van der Waals surface area contributed by atoms with Crippen molar-refractivity contribution >= 4 is 11.9 Å². The van der Waals surface area contributed by atoms with Gasteiger partial charge in [-0.25, -0.2) is 4.39 Å². The van der Waals surface area contributed by atoms with Crippen LogP contribution in [0.25, 0.3) is 0 Å². The number of halogens is 1. The number of ether oxygens (including phenoxy) is 1. The Morgan fingerprint density at radius 3 is 2.60 bits per heavy atom. The second kappa shape index (κ2) is 6.36. The quantitative estimate of drug-likeness (QED) is 0.859. The van der Waals surface area contributed by atoms with Crippen molar-refractivity contribution in [3.63, 3.8) is 0 Å². The van der Waals surface area contributed by atoms with Gasteiger partial charge in [0, 0.05) is 6.04 Å². The molecule has 20 heavy (non-hydrogen) atoms. The number of carbonyl (C=O) groups excluding carboxylic acids is 1. The van der Waals surface area contributed by atoms with Crippen LogP contribution in [0.5, 0.6) is 5.75 Å². The van der Waals surface area contributed by atoms with Crippen LogP contribution in [0.15, 0.2) is 24.3 Å². The first-order chi connectivity index (χ1) is 9.54. The number of rotatable bonds is 5. The minimum absolute atomic E-state index is 0.111. The summed E-state index contributed by atoms with van der Waals surface area (Å²) in [5.74, 6) is -1.45. The molecule has 1 aromatic carbocycles. The Hall–Kier alpha value is -2.11. The second-order valence-corrected chi connectivity index (χ2v) is 4.86. The molecule has 0 saturated heterocycles. The summed E-state index contributed by atoms with van der Waals surface area (Å²) in [5, 5.41) is 11.6. The van der Waals surface area contributed by atoms with E-state index in [1.54, 1.807) is 0 Å². The van der Waals surface area contributed by atoms with Crippen LogP contribution < -0.4 is 10.1 Å². The summed E-state index contributed by atoms with van der Waals surface area (Å²) in [5.41, 5.74) is 0. The average Bonchev–Trinajstić information content (AvgIpc) is 2.87. The number of carboxylic acids is 1. The van der Waals surface area contributed by atoms with E-state index in [1.165, 1.54) is 24.3 Å². The highest BCUT2D eigenvalue weighted by Gasteiger charge is 2.30. The van der Waals surface area contributed by atoms with Gasteiger partial charge in [0.2, 0.25) is 0 Å². The molecular formula is C14H16FNO4. The van der Waals surface area contributed by atoms with Crippen LogP contribution in [0.2, 0.25) is 0 Å². The third kappa shape index (κ3) is 3.94. The smallest absolute Gasteiger partial charge is 0.306 e. The summed E-state index contributed by atoms with van der Waals surface area (Å²) in [7, 11) is 0. The van der Waals surface area contributed by atoms with E-state index in [9.17, 15) is 14.0 Å². The molecule has 2 N–H and O–H groups in total. The number of amides is 1. The van der Waals surface area contributed by atoms with Gasteiger partial charge in [0.15, 0.2) is 6.61 Å². The highest BCUT2D eigenvalue weighted by atomic mass is 19.1. The van der Waals surface area contributed by atoms with Crippen molar-refractivity contribution < 1.29 is 23.8 Å². The summed E-state index contributed by atoms with van der Waals surface area (Å²) < 4.78 is 17.9. The minimum atomic E-state index is -0.815. The number of aliphatic carboxylic acids is 1. The Balaban J connectivity index is 1.73. The molecule has 0 aliphatic heterocycles. The first-order valence-electron chi connectivity index (χ1n) is 6.45. The molecule has 1 amide bonds. The van der Waals surface area contributed by atoms with E-state index in [4.69, 9.17) is 9.84 Å². The molecule has 1 aromatic rings. The lowest BCUT2D eigenvalue weighted by atomic mass is 10.1. The fraction of sp³-hybridized carbons (Fsp3) is 0.429. The summed E-state index contributed by atoms with van der Waals surface area (Å²) in [6.07, 6.45) is 1.70. The summed E-state index contributed by atoms with van der Waals surface area (Å²) >= 11 is 0. The van der Waals surface area contributed by atoms with E-state index >= 15 is 0 Å². The van der Waals surface area contributed by atoms with Gasteiger partial charge in [-0.1, -0.05) is 0 Å². The minimum Gasteiger partial charge on any atom is -0.484 e. The number of benzene rings is 1. The van der Waals surface area contributed by atoms with Crippen molar-refractivity contribution in [2.24, 2.45) is 5.92 Å². The molecule has 6 heteroatoms. The Morgan fingerprint density at radius 2 is 2.00 bits per heavy atom. The number of hydrogen-bond donors (Lipinski definition) is 2. The second-order valence-electron chi connectivity index (χ2n) is 4.86. The van der Waals surface area contributed by atoms with Gasteiger partial charge in [0.1, 0.15) is 11.6 Å². The first kappa shape index (κ1) is 14.3. The van der Waals surface area contributed by atoms with Crippen LogP contribution in [0.4, 0.5) is 4.39 Å². The van der Waals surface area contributed by atoms with Gasteiger partial charge < -0.3 is 15.2 Å². The van der Waals surface area contributed by atoms with Crippen LogP contribution in [0.3, 0.4) is 0 Å². The Bertz CT molecular complexity index is 488. The van der Waals surface area contributed by atoms with E-state index in [0.29, 0.717) is 25.0 Å². The fourth-order valence-electron chi connectivity index (χ4n) is 2.29. The fourth-order valence-corrected chi connectivity index (χ4v) is 2.29. The lowest BCUT2D eigenvalue weighted by molar-refractivity contribution is -0.141. The molecule has 1 aliphatic rings. The van der Waals surface area contributed by atoms with Gasteiger partial charge in [0.05, 0.1) is 5.92 Å². The molecule has 108 valence electrons. The van der Waals surface area contributed by atoms with Crippen LogP contribution in [-0.2, 0) is 9.59 Å². The molecule has 0 spiro atoms. The van der Waals surface area contributed by atoms with Crippen molar-refractivity contribution in [2.75, 3.05) is 6.61 Å². The first-order valence-corrected chi connectivity index (χ1v) is 6.45. The summed E-state index contributed by atoms with van der Waals surface area (Å²) in [4.78, 5) is 22.5. The van der Waals surface area contributed by atoms with E-state index in [-0.39, 0.29) is 30.3 Å². The maximum atomic E-state index is 12.7. The van der Waals surface area contributed by atoms with Gasteiger partial charge in [0.25, 0.3) is 5.91 Å². The number of hydrogen-bond acceptors (Lipinski definition) is 3. The Labute approximate surface area is 115 Å². The lowest BCUT2D eigenvalue weighted by Crippen LogP contribution is -2.36. The number of nitrogens with one attached hydrogen (secondary N) is 1. The van der Waals surface area contributed by atoms with Crippen molar-refractivity contribution in [3.8, 4) is 5.75 Å². The van der Waals surface area contributed by atoms with Crippen molar-refractivity contribution in [3.05, 3.63) is 30.1 Å². The zero-order chi connectivity index (χ0) is 14.5. The van der Waals surface area contributed by atoms with Crippen LogP contribution in [0, 0.1) is 11.7 Å². The van der Waals surface area contributed by atoms with Crippen molar-refractivity contribution in [1.29, 1.82) is 0 Å². The summed E-state index contributed by atoms with van der Waals surface area (Å²) in [6, 6.07) is 5.28. The van der Waals surface area contributed by atoms with Crippen molar-refractivity contribution in [2.45, 2.75) is 25.3 Å². The molecule has 0 aromatic heterocycles. The molecule has 2 rings (SSSR count). The largest absolute Gasteiger partial charge is 0.484 e. The molecule has 2 atom stereocenters. The molecule has 0 heterocycles. The van der Waals surface area contributed by atoms with Gasteiger partial charge >= 0.3 is 5.97 Å². The third-order valence-electron chi connectivity index (χ3n) is 3.33. The maximum Gasteiger partial charge on any atom is 0.306 e. The topological polar surface area (TPSA) is 75.6 Å².